The molecule has 4 nitrogen and oxygen atoms in total. The zero-order valence-corrected chi connectivity index (χ0v) is 14.7. The fourth-order valence-electron chi connectivity index (χ4n) is 2.04. The third-order valence-electron chi connectivity index (χ3n) is 3.37. The minimum atomic E-state index is -0.721. The molecular weight excluding hydrogens is 391 g/mol. The predicted molar refractivity (Wildman–Crippen MR) is 97.2 cm³/mol. The number of amides is 1. The van der Waals surface area contributed by atoms with Crippen molar-refractivity contribution in [3.05, 3.63) is 63.2 Å². The van der Waals surface area contributed by atoms with E-state index < -0.39 is 6.10 Å². The quantitative estimate of drug-likeness (QED) is 0.746. The maximum absolute atomic E-state index is 12.1. The topological polar surface area (TPSA) is 52.6 Å². The van der Waals surface area contributed by atoms with Gasteiger partial charge in [0.25, 0.3) is 5.91 Å². The highest BCUT2D eigenvalue weighted by Gasteiger charge is 2.12. The SMILES string of the molecule is CN(C)c1ccc(C(O)CNC(=O)c2ccccc2I)cc1. The number of halogens is 1. The van der Waals surface area contributed by atoms with Crippen molar-refractivity contribution in [2.24, 2.45) is 0 Å². The van der Waals surface area contributed by atoms with Crippen LogP contribution in [0.15, 0.2) is 48.5 Å². The van der Waals surface area contributed by atoms with Gasteiger partial charge in [0.1, 0.15) is 0 Å². The highest BCUT2D eigenvalue weighted by atomic mass is 127. The van der Waals surface area contributed by atoms with Crippen LogP contribution in [0.25, 0.3) is 0 Å². The minimum Gasteiger partial charge on any atom is -0.387 e. The van der Waals surface area contributed by atoms with Gasteiger partial charge < -0.3 is 15.3 Å². The van der Waals surface area contributed by atoms with Crippen LogP contribution in [0.4, 0.5) is 5.69 Å². The van der Waals surface area contributed by atoms with Crippen molar-refractivity contribution in [2.45, 2.75) is 6.10 Å². The molecule has 0 radical (unpaired) electrons. The van der Waals surface area contributed by atoms with Gasteiger partial charge in [0, 0.05) is 29.9 Å². The number of carbonyl (C=O) groups is 1. The van der Waals surface area contributed by atoms with Crippen molar-refractivity contribution in [1.29, 1.82) is 0 Å². The van der Waals surface area contributed by atoms with Crippen LogP contribution in [-0.2, 0) is 0 Å². The number of benzene rings is 2. The summed E-state index contributed by atoms with van der Waals surface area (Å²) in [5.41, 5.74) is 2.48. The Morgan fingerprint density at radius 2 is 1.82 bits per heavy atom. The molecule has 0 aromatic heterocycles. The van der Waals surface area contributed by atoms with Crippen LogP contribution in [0.3, 0.4) is 0 Å². The second-order valence-electron chi connectivity index (χ2n) is 5.19. The second kappa shape index (κ2) is 7.60. The number of aliphatic hydroxyl groups is 1. The van der Waals surface area contributed by atoms with E-state index in [0.29, 0.717) is 5.56 Å². The summed E-state index contributed by atoms with van der Waals surface area (Å²) in [6.45, 7) is 0.186. The molecule has 5 heteroatoms. The lowest BCUT2D eigenvalue weighted by Gasteiger charge is -2.16. The molecule has 0 aliphatic heterocycles. The van der Waals surface area contributed by atoms with Crippen LogP contribution >= 0.6 is 22.6 Å². The lowest BCUT2D eigenvalue weighted by Crippen LogP contribution is -2.28. The van der Waals surface area contributed by atoms with Gasteiger partial charge in [0.05, 0.1) is 11.7 Å². The summed E-state index contributed by atoms with van der Waals surface area (Å²) in [5, 5.41) is 13.0. The number of nitrogens with zero attached hydrogens (tertiary/aromatic N) is 1. The molecule has 116 valence electrons. The monoisotopic (exact) mass is 410 g/mol. The average Bonchev–Trinajstić information content (AvgIpc) is 2.52. The highest BCUT2D eigenvalue weighted by molar-refractivity contribution is 14.1. The first-order valence-electron chi connectivity index (χ1n) is 6.97. The number of rotatable bonds is 5. The number of carbonyl (C=O) groups excluding carboxylic acids is 1. The van der Waals surface area contributed by atoms with Crippen LogP contribution < -0.4 is 10.2 Å². The molecular formula is C17H19IN2O2. The van der Waals surface area contributed by atoms with E-state index in [0.717, 1.165) is 14.8 Å². The Balaban J connectivity index is 1.96. The van der Waals surface area contributed by atoms with Gasteiger partial charge >= 0.3 is 0 Å². The fraction of sp³-hybridized carbons (Fsp3) is 0.235. The van der Waals surface area contributed by atoms with Crippen molar-refractivity contribution in [3.63, 3.8) is 0 Å². The Bertz CT molecular complexity index is 641. The molecule has 0 heterocycles. The molecule has 2 rings (SSSR count). The first-order valence-corrected chi connectivity index (χ1v) is 8.05. The van der Waals surface area contributed by atoms with Crippen LogP contribution in [0.1, 0.15) is 22.0 Å². The van der Waals surface area contributed by atoms with Gasteiger partial charge in [-0.1, -0.05) is 24.3 Å². The maximum Gasteiger partial charge on any atom is 0.252 e. The molecule has 2 N–H and O–H groups in total. The lowest BCUT2D eigenvalue weighted by atomic mass is 10.1. The Labute approximate surface area is 144 Å². The Kier molecular flexibility index (Phi) is 5.79. The van der Waals surface area contributed by atoms with Crippen molar-refractivity contribution in [2.75, 3.05) is 25.5 Å². The fourth-order valence-corrected chi connectivity index (χ4v) is 2.67. The van der Waals surface area contributed by atoms with Crippen LogP contribution in [0, 0.1) is 3.57 Å². The highest BCUT2D eigenvalue weighted by Crippen LogP contribution is 2.18. The largest absolute Gasteiger partial charge is 0.387 e. The summed E-state index contributed by atoms with van der Waals surface area (Å²) in [5.74, 6) is -0.172. The van der Waals surface area contributed by atoms with Gasteiger partial charge in [-0.2, -0.15) is 0 Å². The number of hydrogen-bond donors (Lipinski definition) is 2. The molecule has 0 aliphatic rings. The first kappa shape index (κ1) is 16.8. The Hall–Kier alpha value is -1.60. The second-order valence-corrected chi connectivity index (χ2v) is 6.35. The summed E-state index contributed by atoms with van der Waals surface area (Å²) in [7, 11) is 3.93. The van der Waals surface area contributed by atoms with E-state index in [9.17, 15) is 9.90 Å². The smallest absolute Gasteiger partial charge is 0.252 e. The summed E-state index contributed by atoms with van der Waals surface area (Å²) >= 11 is 2.13. The Morgan fingerprint density at radius 3 is 2.41 bits per heavy atom. The van der Waals surface area contributed by atoms with E-state index in [1.165, 1.54) is 0 Å². The predicted octanol–water partition coefficient (Wildman–Crippen LogP) is 2.82. The number of nitrogens with one attached hydrogen (secondary N) is 1. The summed E-state index contributed by atoms with van der Waals surface area (Å²) < 4.78 is 0.891. The van der Waals surface area contributed by atoms with Crippen molar-refractivity contribution < 1.29 is 9.90 Å². The normalized spacial score (nSPS) is 11.8. The third-order valence-corrected chi connectivity index (χ3v) is 4.31. The number of aliphatic hydroxyl groups excluding tert-OH is 1. The molecule has 0 bridgehead atoms. The van der Waals surface area contributed by atoms with Gasteiger partial charge in [0.15, 0.2) is 0 Å². The van der Waals surface area contributed by atoms with Crippen LogP contribution in [-0.4, -0.2) is 31.7 Å². The molecule has 0 spiro atoms. The van der Waals surface area contributed by atoms with Gasteiger partial charge in [-0.25, -0.2) is 0 Å². The van der Waals surface area contributed by atoms with E-state index in [1.807, 2.05) is 61.5 Å². The minimum absolute atomic E-state index is 0.172. The first-order chi connectivity index (χ1) is 10.5. The van der Waals surface area contributed by atoms with Crippen LogP contribution in [0.2, 0.25) is 0 Å². The summed E-state index contributed by atoms with van der Waals surface area (Å²) in [6, 6.07) is 15.0. The maximum atomic E-state index is 12.1. The van der Waals surface area contributed by atoms with E-state index in [1.54, 1.807) is 6.07 Å². The van der Waals surface area contributed by atoms with Gasteiger partial charge in [-0.15, -0.1) is 0 Å². The molecule has 0 saturated carbocycles. The molecule has 2 aromatic carbocycles. The van der Waals surface area contributed by atoms with Gasteiger partial charge in [-0.05, 0) is 52.4 Å². The molecule has 0 aliphatic carbocycles. The zero-order valence-electron chi connectivity index (χ0n) is 12.6. The summed E-state index contributed by atoms with van der Waals surface area (Å²) in [6.07, 6.45) is -0.721. The number of hydrogen-bond acceptors (Lipinski definition) is 3. The van der Waals surface area contributed by atoms with Crippen LogP contribution in [0.5, 0.6) is 0 Å². The van der Waals surface area contributed by atoms with Crippen molar-refractivity contribution >= 4 is 34.2 Å². The van der Waals surface area contributed by atoms with Gasteiger partial charge in [0.2, 0.25) is 0 Å². The molecule has 0 fully saturated rings. The zero-order chi connectivity index (χ0) is 16.1. The van der Waals surface area contributed by atoms with E-state index in [4.69, 9.17) is 0 Å². The molecule has 22 heavy (non-hydrogen) atoms. The standard InChI is InChI=1S/C17H19IN2O2/c1-20(2)13-9-7-12(8-10-13)16(21)11-19-17(22)14-5-3-4-6-15(14)18/h3-10,16,21H,11H2,1-2H3,(H,19,22). The average molecular weight is 410 g/mol. The summed E-state index contributed by atoms with van der Waals surface area (Å²) in [4.78, 5) is 14.1. The molecule has 1 unspecified atom stereocenters. The Morgan fingerprint density at radius 1 is 1.18 bits per heavy atom. The third kappa shape index (κ3) is 4.20. The molecule has 1 amide bonds. The molecule has 0 saturated heterocycles. The molecule has 1 atom stereocenters. The van der Waals surface area contributed by atoms with E-state index >= 15 is 0 Å². The van der Waals surface area contributed by atoms with E-state index in [-0.39, 0.29) is 12.5 Å². The lowest BCUT2D eigenvalue weighted by molar-refractivity contribution is 0.0915. The number of anilines is 1. The molecule has 2 aromatic rings. The van der Waals surface area contributed by atoms with Crippen molar-refractivity contribution in [3.8, 4) is 0 Å². The van der Waals surface area contributed by atoms with Crippen molar-refractivity contribution in [1.82, 2.24) is 5.32 Å². The van der Waals surface area contributed by atoms with Gasteiger partial charge in [-0.3, -0.25) is 4.79 Å². The van der Waals surface area contributed by atoms with E-state index in [2.05, 4.69) is 27.9 Å².